The molecule has 0 fully saturated rings. The lowest BCUT2D eigenvalue weighted by Gasteiger charge is -2.20. The Morgan fingerprint density at radius 1 is 1.06 bits per heavy atom. The van der Waals surface area contributed by atoms with E-state index < -0.39 is 5.60 Å². The molecule has 0 aliphatic carbocycles. The SMILES string of the molecule is CC(O)(CO)c1ccc2sc3ccccc3c2c1. The van der Waals surface area contributed by atoms with Crippen molar-refractivity contribution < 1.29 is 10.2 Å². The van der Waals surface area contributed by atoms with Crippen LogP contribution in [0.2, 0.25) is 0 Å². The number of aliphatic hydroxyl groups excluding tert-OH is 1. The highest BCUT2D eigenvalue weighted by Gasteiger charge is 2.22. The molecule has 18 heavy (non-hydrogen) atoms. The van der Waals surface area contributed by atoms with Gasteiger partial charge in [-0.05, 0) is 30.7 Å². The highest BCUT2D eigenvalue weighted by molar-refractivity contribution is 7.25. The lowest BCUT2D eigenvalue weighted by molar-refractivity contribution is -0.00216. The van der Waals surface area contributed by atoms with E-state index in [4.69, 9.17) is 0 Å². The Balaban J connectivity index is 2.31. The molecule has 2 nitrogen and oxygen atoms in total. The zero-order valence-corrected chi connectivity index (χ0v) is 10.9. The van der Waals surface area contributed by atoms with E-state index in [2.05, 4.69) is 12.1 Å². The summed E-state index contributed by atoms with van der Waals surface area (Å²) in [5.74, 6) is 0. The largest absolute Gasteiger partial charge is 0.393 e. The van der Waals surface area contributed by atoms with Crippen LogP contribution in [0.3, 0.4) is 0 Å². The minimum atomic E-state index is -1.18. The third-order valence-electron chi connectivity index (χ3n) is 3.31. The molecule has 0 aliphatic rings. The predicted molar refractivity (Wildman–Crippen MR) is 76.0 cm³/mol. The fourth-order valence-corrected chi connectivity index (χ4v) is 3.24. The van der Waals surface area contributed by atoms with Gasteiger partial charge in [0.05, 0.1) is 6.61 Å². The number of hydrogen-bond donors (Lipinski definition) is 2. The first-order valence-corrected chi connectivity index (χ1v) is 6.68. The number of aliphatic hydroxyl groups is 2. The second-order valence-corrected chi connectivity index (χ2v) is 5.82. The van der Waals surface area contributed by atoms with E-state index in [1.165, 1.54) is 14.8 Å². The molecule has 0 saturated heterocycles. The van der Waals surface area contributed by atoms with E-state index in [1.807, 2.05) is 30.3 Å². The van der Waals surface area contributed by atoms with Crippen LogP contribution in [-0.4, -0.2) is 16.8 Å². The van der Waals surface area contributed by atoms with E-state index in [0.29, 0.717) is 0 Å². The molecule has 3 heteroatoms. The van der Waals surface area contributed by atoms with Gasteiger partial charge in [-0.2, -0.15) is 0 Å². The van der Waals surface area contributed by atoms with Gasteiger partial charge in [-0.3, -0.25) is 0 Å². The Bertz CT molecular complexity index is 713. The van der Waals surface area contributed by atoms with Crippen molar-refractivity contribution in [3.8, 4) is 0 Å². The van der Waals surface area contributed by atoms with Gasteiger partial charge in [0.2, 0.25) is 0 Å². The summed E-state index contributed by atoms with van der Waals surface area (Å²) in [6.07, 6.45) is 0. The summed E-state index contributed by atoms with van der Waals surface area (Å²) < 4.78 is 2.45. The van der Waals surface area contributed by atoms with Crippen LogP contribution in [0.25, 0.3) is 20.2 Å². The average molecular weight is 258 g/mol. The Morgan fingerprint density at radius 3 is 2.56 bits per heavy atom. The molecular weight excluding hydrogens is 244 g/mol. The highest BCUT2D eigenvalue weighted by atomic mass is 32.1. The molecule has 0 amide bonds. The summed E-state index contributed by atoms with van der Waals surface area (Å²) in [6, 6.07) is 14.1. The third kappa shape index (κ3) is 1.72. The van der Waals surface area contributed by atoms with Gasteiger partial charge in [0.1, 0.15) is 5.60 Å². The molecule has 3 rings (SSSR count). The van der Waals surface area contributed by atoms with Crippen molar-refractivity contribution in [2.75, 3.05) is 6.61 Å². The molecule has 3 aromatic rings. The number of rotatable bonds is 2. The van der Waals surface area contributed by atoms with Gasteiger partial charge in [0.25, 0.3) is 0 Å². The van der Waals surface area contributed by atoms with Crippen molar-refractivity contribution >= 4 is 31.5 Å². The quantitative estimate of drug-likeness (QED) is 0.740. The molecule has 1 heterocycles. The second kappa shape index (κ2) is 4.05. The first-order chi connectivity index (χ1) is 8.62. The molecule has 1 atom stereocenters. The van der Waals surface area contributed by atoms with Crippen LogP contribution < -0.4 is 0 Å². The molecular formula is C15H14O2S. The number of hydrogen-bond acceptors (Lipinski definition) is 3. The lowest BCUT2D eigenvalue weighted by Crippen LogP contribution is -2.25. The van der Waals surface area contributed by atoms with E-state index >= 15 is 0 Å². The highest BCUT2D eigenvalue weighted by Crippen LogP contribution is 2.35. The van der Waals surface area contributed by atoms with Gasteiger partial charge in [-0.25, -0.2) is 0 Å². The molecule has 1 aromatic heterocycles. The van der Waals surface area contributed by atoms with E-state index in [1.54, 1.807) is 18.3 Å². The normalized spacial score (nSPS) is 15.1. The number of benzene rings is 2. The fraction of sp³-hybridized carbons (Fsp3) is 0.200. The Kier molecular flexibility index (Phi) is 2.63. The molecule has 2 aromatic carbocycles. The van der Waals surface area contributed by atoms with Crippen LogP contribution in [0.5, 0.6) is 0 Å². The molecule has 0 radical (unpaired) electrons. The van der Waals surface area contributed by atoms with Crippen LogP contribution in [0.4, 0.5) is 0 Å². The Labute approximate surface area is 109 Å². The topological polar surface area (TPSA) is 40.5 Å². The van der Waals surface area contributed by atoms with Crippen LogP contribution in [0.1, 0.15) is 12.5 Å². The summed E-state index contributed by atoms with van der Waals surface area (Å²) in [7, 11) is 0. The minimum Gasteiger partial charge on any atom is -0.393 e. The van der Waals surface area contributed by atoms with Gasteiger partial charge in [0.15, 0.2) is 0 Å². The molecule has 0 aliphatic heterocycles. The zero-order valence-electron chi connectivity index (χ0n) is 10.1. The maximum absolute atomic E-state index is 10.1. The van der Waals surface area contributed by atoms with Crippen molar-refractivity contribution in [1.82, 2.24) is 0 Å². The molecule has 2 N–H and O–H groups in total. The van der Waals surface area contributed by atoms with Crippen molar-refractivity contribution in [2.45, 2.75) is 12.5 Å². The van der Waals surface area contributed by atoms with Gasteiger partial charge in [-0.15, -0.1) is 11.3 Å². The van der Waals surface area contributed by atoms with E-state index in [0.717, 1.165) is 10.9 Å². The smallest absolute Gasteiger partial charge is 0.110 e. The summed E-state index contributed by atoms with van der Waals surface area (Å²) in [6.45, 7) is 1.35. The minimum absolute atomic E-state index is 0.277. The molecule has 92 valence electrons. The first kappa shape index (κ1) is 11.7. The number of fused-ring (bicyclic) bond motifs is 3. The monoisotopic (exact) mass is 258 g/mol. The van der Waals surface area contributed by atoms with E-state index in [9.17, 15) is 10.2 Å². The van der Waals surface area contributed by atoms with Crippen molar-refractivity contribution in [2.24, 2.45) is 0 Å². The zero-order chi connectivity index (χ0) is 12.8. The number of thiophene rings is 1. The van der Waals surface area contributed by atoms with Crippen molar-refractivity contribution in [3.63, 3.8) is 0 Å². The van der Waals surface area contributed by atoms with Gasteiger partial charge in [-0.1, -0.05) is 24.3 Å². The molecule has 1 unspecified atom stereocenters. The maximum atomic E-state index is 10.1. The van der Waals surface area contributed by atoms with Crippen molar-refractivity contribution in [3.05, 3.63) is 48.0 Å². The second-order valence-electron chi connectivity index (χ2n) is 4.74. The Morgan fingerprint density at radius 2 is 1.78 bits per heavy atom. The standard InChI is InChI=1S/C15H14O2S/c1-15(17,9-16)10-6-7-14-12(8-10)11-4-2-3-5-13(11)18-14/h2-8,16-17H,9H2,1H3. The third-order valence-corrected chi connectivity index (χ3v) is 4.46. The van der Waals surface area contributed by atoms with Gasteiger partial charge in [0, 0.05) is 20.2 Å². The molecule has 0 spiro atoms. The van der Waals surface area contributed by atoms with Crippen LogP contribution in [0.15, 0.2) is 42.5 Å². The van der Waals surface area contributed by atoms with E-state index in [-0.39, 0.29) is 6.61 Å². The predicted octanol–water partition coefficient (Wildman–Crippen LogP) is 3.25. The van der Waals surface area contributed by atoms with Crippen LogP contribution in [0, 0.1) is 0 Å². The van der Waals surface area contributed by atoms with Gasteiger partial charge >= 0.3 is 0 Å². The Hall–Kier alpha value is -1.42. The molecule has 0 saturated carbocycles. The van der Waals surface area contributed by atoms with Crippen molar-refractivity contribution in [1.29, 1.82) is 0 Å². The van der Waals surface area contributed by atoms with Crippen LogP contribution >= 0.6 is 11.3 Å². The first-order valence-electron chi connectivity index (χ1n) is 5.87. The molecule has 0 bridgehead atoms. The fourth-order valence-electron chi connectivity index (χ4n) is 2.15. The summed E-state index contributed by atoms with van der Waals surface area (Å²) in [4.78, 5) is 0. The summed E-state index contributed by atoms with van der Waals surface area (Å²) in [5.41, 5.74) is -0.432. The summed E-state index contributed by atoms with van der Waals surface area (Å²) in [5, 5.41) is 21.7. The lowest BCUT2D eigenvalue weighted by atomic mass is 9.95. The maximum Gasteiger partial charge on any atom is 0.110 e. The van der Waals surface area contributed by atoms with Crippen LogP contribution in [-0.2, 0) is 5.60 Å². The van der Waals surface area contributed by atoms with Gasteiger partial charge < -0.3 is 10.2 Å². The average Bonchev–Trinajstić information content (AvgIpc) is 2.76. The summed E-state index contributed by atoms with van der Waals surface area (Å²) >= 11 is 1.74.